The predicted molar refractivity (Wildman–Crippen MR) is 132 cm³/mol. The molecule has 0 aliphatic rings. The number of nitrogens with one attached hydrogen (secondary N) is 3. The topological polar surface area (TPSA) is 231 Å². The van der Waals surface area contributed by atoms with Crippen LogP contribution >= 0.6 is 0 Å². The molecule has 4 unspecified atom stereocenters. The molecule has 0 radical (unpaired) electrons. The van der Waals surface area contributed by atoms with Gasteiger partial charge in [0, 0.05) is 12.8 Å². The zero-order valence-corrected chi connectivity index (χ0v) is 20.8. The minimum absolute atomic E-state index is 0.0284. The van der Waals surface area contributed by atoms with Crippen LogP contribution in [0.5, 0.6) is 0 Å². The molecule has 4 atom stereocenters. The highest BCUT2D eigenvalue weighted by Crippen LogP contribution is 2.09. The fourth-order valence-electron chi connectivity index (χ4n) is 3.39. The van der Waals surface area contributed by atoms with Gasteiger partial charge in [-0.05, 0) is 24.3 Å². The summed E-state index contributed by atoms with van der Waals surface area (Å²) in [4.78, 5) is 72.0. The molecule has 9 N–H and O–H groups in total. The second kappa shape index (κ2) is 15.2. The van der Waals surface area contributed by atoms with Crippen molar-refractivity contribution < 1.29 is 39.0 Å². The molecular weight excluding hydrogens is 486 g/mol. The molecule has 0 aliphatic carbocycles. The molecule has 37 heavy (non-hydrogen) atoms. The predicted octanol–water partition coefficient (Wildman–Crippen LogP) is -1.12. The maximum atomic E-state index is 13.2. The number of amides is 4. The van der Waals surface area contributed by atoms with E-state index in [0.717, 1.165) is 0 Å². The Morgan fingerprint density at radius 3 is 1.89 bits per heavy atom. The van der Waals surface area contributed by atoms with Crippen molar-refractivity contribution in [3.05, 3.63) is 35.9 Å². The van der Waals surface area contributed by atoms with Crippen LogP contribution in [0.2, 0.25) is 0 Å². The first kappa shape index (κ1) is 31.0. The molecule has 0 aromatic heterocycles. The Morgan fingerprint density at radius 2 is 1.38 bits per heavy atom. The van der Waals surface area contributed by atoms with Gasteiger partial charge in [-0.2, -0.15) is 0 Å². The van der Waals surface area contributed by atoms with Crippen LogP contribution < -0.4 is 27.4 Å². The van der Waals surface area contributed by atoms with E-state index in [0.29, 0.717) is 5.56 Å². The van der Waals surface area contributed by atoms with Gasteiger partial charge in [-0.1, -0.05) is 44.2 Å². The van der Waals surface area contributed by atoms with Crippen LogP contribution in [0.15, 0.2) is 30.3 Å². The highest BCUT2D eigenvalue weighted by Gasteiger charge is 2.31. The molecule has 204 valence electrons. The number of rotatable bonds is 16. The molecule has 1 aromatic carbocycles. The molecule has 1 aromatic rings. The zero-order valence-electron chi connectivity index (χ0n) is 20.8. The monoisotopic (exact) mass is 521 g/mol. The summed E-state index contributed by atoms with van der Waals surface area (Å²) in [5.41, 5.74) is 11.6. The smallest absolute Gasteiger partial charge is 0.326 e. The molecule has 1 rings (SSSR count). The van der Waals surface area contributed by atoms with Crippen LogP contribution in [0.25, 0.3) is 0 Å². The standard InChI is InChI=1S/C24H35N5O8/c1-13(2)10-16(22(34)29-18(24(36)37)12-20(31)32)28-23(35)17(11-14-6-4-3-5-7-14)27-21(33)15(25)8-9-19(26)30/h3-7,13,15-18H,8-12,25H2,1-2H3,(H2,26,30)(H,27,33)(H,28,35)(H,29,34)(H,31,32)(H,36,37). The van der Waals surface area contributed by atoms with Crippen LogP contribution in [-0.2, 0) is 35.2 Å². The number of carbonyl (C=O) groups excluding carboxylic acids is 4. The molecule has 0 saturated carbocycles. The summed E-state index contributed by atoms with van der Waals surface area (Å²) in [6.45, 7) is 3.55. The molecule has 0 fully saturated rings. The number of nitrogens with two attached hydrogens (primary N) is 2. The first-order valence-corrected chi connectivity index (χ1v) is 11.7. The van der Waals surface area contributed by atoms with Crippen molar-refractivity contribution in [2.45, 2.75) is 70.1 Å². The highest BCUT2D eigenvalue weighted by molar-refractivity contribution is 5.94. The Labute approximate surface area is 214 Å². The fraction of sp³-hybridized carbons (Fsp3) is 0.500. The highest BCUT2D eigenvalue weighted by atomic mass is 16.4. The number of hydrogen-bond donors (Lipinski definition) is 7. The van der Waals surface area contributed by atoms with E-state index in [4.69, 9.17) is 16.6 Å². The molecule has 4 amide bonds. The van der Waals surface area contributed by atoms with Crippen LogP contribution in [0, 0.1) is 5.92 Å². The third-order valence-corrected chi connectivity index (χ3v) is 5.29. The molecule has 13 nitrogen and oxygen atoms in total. The third kappa shape index (κ3) is 12.0. The second-order valence-corrected chi connectivity index (χ2v) is 9.05. The van der Waals surface area contributed by atoms with Crippen LogP contribution in [0.1, 0.15) is 45.1 Å². The van der Waals surface area contributed by atoms with Gasteiger partial charge in [0.05, 0.1) is 12.5 Å². The first-order chi connectivity index (χ1) is 17.3. The maximum Gasteiger partial charge on any atom is 0.326 e. The Bertz CT molecular complexity index is 969. The first-order valence-electron chi connectivity index (χ1n) is 11.7. The number of hydrogen-bond acceptors (Lipinski definition) is 7. The summed E-state index contributed by atoms with van der Waals surface area (Å²) in [6, 6.07) is 3.56. The molecule has 0 aliphatic heterocycles. The SMILES string of the molecule is CC(C)CC(NC(=O)C(Cc1ccccc1)NC(=O)C(N)CCC(N)=O)C(=O)NC(CC(=O)O)C(=O)O. The Kier molecular flexibility index (Phi) is 12.7. The lowest BCUT2D eigenvalue weighted by atomic mass is 10.00. The lowest BCUT2D eigenvalue weighted by Gasteiger charge is -2.26. The number of benzene rings is 1. The van der Waals surface area contributed by atoms with E-state index >= 15 is 0 Å². The summed E-state index contributed by atoms with van der Waals surface area (Å²) < 4.78 is 0. The average Bonchev–Trinajstić information content (AvgIpc) is 2.80. The van der Waals surface area contributed by atoms with Gasteiger partial charge in [0.2, 0.25) is 23.6 Å². The normalized spacial score (nSPS) is 14.1. The van der Waals surface area contributed by atoms with Crippen LogP contribution in [0.4, 0.5) is 0 Å². The van der Waals surface area contributed by atoms with E-state index in [2.05, 4.69) is 16.0 Å². The zero-order chi connectivity index (χ0) is 28.1. The van der Waals surface area contributed by atoms with Crippen molar-refractivity contribution in [2.75, 3.05) is 0 Å². The average molecular weight is 522 g/mol. The quantitative estimate of drug-likeness (QED) is 0.139. The summed E-state index contributed by atoms with van der Waals surface area (Å²) in [5.74, 6) is -6.01. The minimum Gasteiger partial charge on any atom is -0.481 e. The second-order valence-electron chi connectivity index (χ2n) is 9.05. The van der Waals surface area contributed by atoms with Gasteiger partial charge in [0.1, 0.15) is 18.1 Å². The van der Waals surface area contributed by atoms with Crippen molar-refractivity contribution in [3.8, 4) is 0 Å². The minimum atomic E-state index is -1.69. The van der Waals surface area contributed by atoms with Crippen molar-refractivity contribution in [1.82, 2.24) is 16.0 Å². The lowest BCUT2D eigenvalue weighted by molar-refractivity contribution is -0.147. The van der Waals surface area contributed by atoms with Crippen molar-refractivity contribution in [3.63, 3.8) is 0 Å². The maximum absolute atomic E-state index is 13.2. The Hall–Kier alpha value is -4.00. The Balaban J connectivity index is 3.10. The summed E-state index contributed by atoms with van der Waals surface area (Å²) >= 11 is 0. The van der Waals surface area contributed by atoms with Gasteiger partial charge < -0.3 is 37.6 Å². The van der Waals surface area contributed by atoms with Crippen molar-refractivity contribution in [1.29, 1.82) is 0 Å². The van der Waals surface area contributed by atoms with Gasteiger partial charge in [0.15, 0.2) is 0 Å². The van der Waals surface area contributed by atoms with Gasteiger partial charge in [-0.3, -0.25) is 24.0 Å². The van der Waals surface area contributed by atoms with Crippen LogP contribution in [-0.4, -0.2) is 69.9 Å². The van der Waals surface area contributed by atoms with E-state index in [1.54, 1.807) is 44.2 Å². The van der Waals surface area contributed by atoms with Crippen molar-refractivity contribution >= 4 is 35.6 Å². The van der Waals surface area contributed by atoms with Gasteiger partial charge in [-0.15, -0.1) is 0 Å². The number of carboxylic acids is 2. The molecular formula is C24H35N5O8. The van der Waals surface area contributed by atoms with E-state index in [9.17, 15) is 33.9 Å². The fourth-order valence-corrected chi connectivity index (χ4v) is 3.39. The molecule has 0 saturated heterocycles. The lowest BCUT2D eigenvalue weighted by Crippen LogP contribution is -2.58. The molecule has 0 spiro atoms. The number of aliphatic carboxylic acids is 2. The van der Waals surface area contributed by atoms with Crippen molar-refractivity contribution in [2.24, 2.45) is 17.4 Å². The van der Waals surface area contributed by atoms with E-state index < -0.39 is 66.2 Å². The summed E-state index contributed by atoms with van der Waals surface area (Å²) in [5, 5.41) is 25.4. The summed E-state index contributed by atoms with van der Waals surface area (Å²) in [6.07, 6.45) is -0.838. The Morgan fingerprint density at radius 1 is 0.838 bits per heavy atom. The van der Waals surface area contributed by atoms with E-state index in [-0.39, 0.29) is 31.6 Å². The third-order valence-electron chi connectivity index (χ3n) is 5.29. The molecule has 0 heterocycles. The van der Waals surface area contributed by atoms with Gasteiger partial charge in [0.25, 0.3) is 0 Å². The van der Waals surface area contributed by atoms with E-state index in [1.807, 2.05) is 0 Å². The number of carbonyl (C=O) groups is 6. The molecule has 13 heteroatoms. The number of primary amides is 1. The largest absolute Gasteiger partial charge is 0.481 e. The van der Waals surface area contributed by atoms with E-state index in [1.165, 1.54) is 0 Å². The van der Waals surface area contributed by atoms with Gasteiger partial charge >= 0.3 is 11.9 Å². The van der Waals surface area contributed by atoms with Crippen LogP contribution in [0.3, 0.4) is 0 Å². The van der Waals surface area contributed by atoms with Gasteiger partial charge in [-0.25, -0.2) is 4.79 Å². The number of carboxylic acid groups (broad SMARTS) is 2. The summed E-state index contributed by atoms with van der Waals surface area (Å²) in [7, 11) is 0. The molecule has 0 bridgehead atoms.